The molecule has 0 aliphatic heterocycles. The second-order valence-corrected chi connectivity index (χ2v) is 4.68. The lowest BCUT2D eigenvalue weighted by atomic mass is 10.1. The van der Waals surface area contributed by atoms with Crippen molar-refractivity contribution < 1.29 is 14.0 Å². The lowest BCUT2D eigenvalue weighted by Crippen LogP contribution is -2.42. The lowest BCUT2D eigenvalue weighted by Gasteiger charge is -2.08. The van der Waals surface area contributed by atoms with Crippen molar-refractivity contribution in [1.29, 1.82) is 0 Å². The number of amides is 2. The van der Waals surface area contributed by atoms with Gasteiger partial charge in [-0.1, -0.05) is 29.8 Å². The number of carbonyl (C=O) groups is 2. The van der Waals surface area contributed by atoms with Gasteiger partial charge >= 0.3 is 0 Å². The Kier molecular flexibility index (Phi) is 4.90. The summed E-state index contributed by atoms with van der Waals surface area (Å²) in [5, 5.41) is 0.484. The molecule has 0 aliphatic carbocycles. The molecule has 0 aliphatic rings. The molecule has 2 amide bonds. The molecule has 0 unspecified atom stereocenters. The minimum Gasteiger partial charge on any atom is -0.273 e. The van der Waals surface area contributed by atoms with E-state index in [1.165, 1.54) is 24.3 Å². The van der Waals surface area contributed by atoms with Gasteiger partial charge in [-0.3, -0.25) is 20.4 Å². The van der Waals surface area contributed by atoms with Crippen molar-refractivity contribution in [2.24, 2.45) is 0 Å². The summed E-state index contributed by atoms with van der Waals surface area (Å²) in [5.41, 5.74) is 5.44. The van der Waals surface area contributed by atoms with Crippen molar-refractivity contribution >= 4 is 23.4 Å². The first-order valence-electron chi connectivity index (χ1n) is 6.14. The Balaban J connectivity index is 1.88. The van der Waals surface area contributed by atoms with E-state index in [-0.39, 0.29) is 12.0 Å². The lowest BCUT2D eigenvalue weighted by molar-refractivity contribution is -0.121. The maximum atomic E-state index is 12.7. The summed E-state index contributed by atoms with van der Waals surface area (Å²) in [6.07, 6.45) is 0.0450. The molecule has 0 saturated heterocycles. The molecule has 0 atom stereocenters. The summed E-state index contributed by atoms with van der Waals surface area (Å²) >= 11 is 5.94. The largest absolute Gasteiger partial charge is 0.273 e. The van der Waals surface area contributed by atoms with Gasteiger partial charge in [0.15, 0.2) is 0 Å². The van der Waals surface area contributed by atoms with Crippen LogP contribution in [0.15, 0.2) is 48.5 Å². The first kappa shape index (κ1) is 15.0. The van der Waals surface area contributed by atoms with E-state index in [1.54, 1.807) is 24.3 Å². The van der Waals surface area contributed by atoms with Gasteiger partial charge < -0.3 is 0 Å². The first-order valence-corrected chi connectivity index (χ1v) is 6.52. The average molecular weight is 307 g/mol. The van der Waals surface area contributed by atoms with Crippen LogP contribution in [0.3, 0.4) is 0 Å². The Morgan fingerprint density at radius 1 is 1.00 bits per heavy atom. The van der Waals surface area contributed by atoms with E-state index in [0.717, 1.165) is 0 Å². The number of hydrogen-bond acceptors (Lipinski definition) is 2. The summed E-state index contributed by atoms with van der Waals surface area (Å²) in [6.45, 7) is 0. The average Bonchev–Trinajstić information content (AvgIpc) is 2.48. The molecule has 0 radical (unpaired) electrons. The molecule has 2 rings (SSSR count). The summed E-state index contributed by atoms with van der Waals surface area (Å²) in [6, 6.07) is 11.9. The Bertz CT molecular complexity index is 659. The minimum atomic E-state index is -0.525. The second kappa shape index (κ2) is 6.85. The molecule has 0 spiro atoms. The smallest absolute Gasteiger partial charge is 0.269 e. The first-order chi connectivity index (χ1) is 10.1. The summed E-state index contributed by atoms with van der Waals surface area (Å²) in [7, 11) is 0. The van der Waals surface area contributed by atoms with Gasteiger partial charge in [0.1, 0.15) is 5.82 Å². The van der Waals surface area contributed by atoms with Crippen molar-refractivity contribution in [2.45, 2.75) is 6.42 Å². The van der Waals surface area contributed by atoms with E-state index in [4.69, 9.17) is 11.6 Å². The van der Waals surface area contributed by atoms with Crippen molar-refractivity contribution in [3.8, 4) is 0 Å². The predicted octanol–water partition coefficient (Wildman–Crippen LogP) is 2.48. The molecule has 6 heteroatoms. The van der Waals surface area contributed by atoms with Crippen molar-refractivity contribution in [3.05, 3.63) is 70.5 Å². The van der Waals surface area contributed by atoms with E-state index in [1.807, 2.05) is 0 Å². The topological polar surface area (TPSA) is 58.2 Å². The third kappa shape index (κ3) is 4.29. The highest BCUT2D eigenvalue weighted by molar-refractivity contribution is 6.31. The van der Waals surface area contributed by atoms with Crippen LogP contribution in [0, 0.1) is 5.82 Å². The number of hydrazine groups is 1. The van der Waals surface area contributed by atoms with Gasteiger partial charge in [-0.05, 0) is 35.9 Å². The third-order valence-corrected chi connectivity index (χ3v) is 3.10. The minimum absolute atomic E-state index is 0.0450. The van der Waals surface area contributed by atoms with E-state index < -0.39 is 17.6 Å². The van der Waals surface area contributed by atoms with Crippen molar-refractivity contribution in [1.82, 2.24) is 10.9 Å². The van der Waals surface area contributed by atoms with E-state index >= 15 is 0 Å². The van der Waals surface area contributed by atoms with Crippen LogP contribution in [-0.4, -0.2) is 11.8 Å². The SMILES string of the molecule is O=C(Cc1ccccc1Cl)NNC(=O)c1ccc(F)cc1. The molecule has 0 bridgehead atoms. The van der Waals surface area contributed by atoms with Crippen LogP contribution in [0.25, 0.3) is 0 Å². The maximum absolute atomic E-state index is 12.7. The molecular weight excluding hydrogens is 295 g/mol. The summed E-state index contributed by atoms with van der Waals surface area (Å²) in [5.74, 6) is -1.37. The Hall–Kier alpha value is -2.40. The Labute approximate surface area is 125 Å². The number of nitrogens with one attached hydrogen (secondary N) is 2. The van der Waals surface area contributed by atoms with Gasteiger partial charge in [0, 0.05) is 10.6 Å². The standard InChI is InChI=1S/C15H12ClFN2O2/c16-13-4-2-1-3-11(13)9-14(20)18-19-15(21)10-5-7-12(17)8-6-10/h1-8H,9H2,(H,18,20)(H,19,21). The van der Waals surface area contributed by atoms with E-state index in [9.17, 15) is 14.0 Å². The number of halogens is 2. The zero-order chi connectivity index (χ0) is 15.2. The fourth-order valence-electron chi connectivity index (χ4n) is 1.66. The molecular formula is C15H12ClFN2O2. The molecule has 4 nitrogen and oxygen atoms in total. The maximum Gasteiger partial charge on any atom is 0.269 e. The normalized spacial score (nSPS) is 10.0. The molecule has 2 aromatic rings. The van der Waals surface area contributed by atoms with Crippen molar-refractivity contribution in [2.75, 3.05) is 0 Å². The summed E-state index contributed by atoms with van der Waals surface area (Å²) < 4.78 is 12.7. The van der Waals surface area contributed by atoms with E-state index in [2.05, 4.69) is 10.9 Å². The molecule has 0 fully saturated rings. The van der Waals surface area contributed by atoms with Crippen LogP contribution in [-0.2, 0) is 11.2 Å². The number of hydrogen-bond donors (Lipinski definition) is 2. The molecule has 2 aromatic carbocycles. The van der Waals surface area contributed by atoms with Crippen LogP contribution in [0.4, 0.5) is 4.39 Å². The molecule has 0 saturated carbocycles. The molecule has 0 heterocycles. The zero-order valence-electron chi connectivity index (χ0n) is 10.9. The number of benzene rings is 2. The highest BCUT2D eigenvalue weighted by Crippen LogP contribution is 2.15. The fraction of sp³-hybridized carbons (Fsp3) is 0.0667. The quantitative estimate of drug-likeness (QED) is 0.856. The monoisotopic (exact) mass is 306 g/mol. The second-order valence-electron chi connectivity index (χ2n) is 4.28. The zero-order valence-corrected chi connectivity index (χ0v) is 11.7. The molecule has 2 N–H and O–H groups in total. The van der Waals surface area contributed by atoms with Gasteiger partial charge in [0.2, 0.25) is 5.91 Å². The Morgan fingerprint density at radius 2 is 1.67 bits per heavy atom. The third-order valence-electron chi connectivity index (χ3n) is 2.73. The molecule has 0 aromatic heterocycles. The summed E-state index contributed by atoms with van der Waals surface area (Å²) in [4.78, 5) is 23.4. The van der Waals surface area contributed by atoms with Gasteiger partial charge in [-0.2, -0.15) is 0 Å². The fourth-order valence-corrected chi connectivity index (χ4v) is 1.86. The Morgan fingerprint density at radius 3 is 2.33 bits per heavy atom. The van der Waals surface area contributed by atoms with Crippen LogP contribution in [0.2, 0.25) is 5.02 Å². The molecule has 21 heavy (non-hydrogen) atoms. The van der Waals surface area contributed by atoms with E-state index in [0.29, 0.717) is 10.6 Å². The van der Waals surface area contributed by atoms with Crippen LogP contribution >= 0.6 is 11.6 Å². The van der Waals surface area contributed by atoms with Gasteiger partial charge in [0.25, 0.3) is 5.91 Å². The predicted molar refractivity (Wildman–Crippen MR) is 77.2 cm³/mol. The number of rotatable bonds is 3. The van der Waals surface area contributed by atoms with Crippen LogP contribution in [0.5, 0.6) is 0 Å². The number of carbonyl (C=O) groups excluding carboxylic acids is 2. The van der Waals surface area contributed by atoms with Gasteiger partial charge in [-0.25, -0.2) is 4.39 Å². The molecule has 108 valence electrons. The van der Waals surface area contributed by atoms with Crippen molar-refractivity contribution in [3.63, 3.8) is 0 Å². The van der Waals surface area contributed by atoms with Gasteiger partial charge in [-0.15, -0.1) is 0 Å². The van der Waals surface area contributed by atoms with Gasteiger partial charge in [0.05, 0.1) is 6.42 Å². The highest BCUT2D eigenvalue weighted by Gasteiger charge is 2.09. The van der Waals surface area contributed by atoms with Crippen LogP contribution < -0.4 is 10.9 Å². The van der Waals surface area contributed by atoms with Crippen LogP contribution in [0.1, 0.15) is 15.9 Å². The highest BCUT2D eigenvalue weighted by atomic mass is 35.5.